The molecule has 1 amide bonds. The van der Waals surface area contributed by atoms with E-state index >= 15 is 0 Å². The third-order valence-electron chi connectivity index (χ3n) is 4.33. The van der Waals surface area contributed by atoms with Crippen LogP contribution in [0.5, 0.6) is 0 Å². The predicted molar refractivity (Wildman–Crippen MR) is 97.1 cm³/mol. The van der Waals surface area contributed by atoms with Gasteiger partial charge in [0.05, 0.1) is 24.3 Å². The first-order valence-corrected chi connectivity index (χ1v) is 8.42. The monoisotopic (exact) mass is 334 g/mol. The van der Waals surface area contributed by atoms with Crippen molar-refractivity contribution in [2.75, 3.05) is 7.05 Å². The van der Waals surface area contributed by atoms with Crippen molar-refractivity contribution >= 4 is 5.91 Å². The molecule has 0 bridgehead atoms. The van der Waals surface area contributed by atoms with Gasteiger partial charge in [-0.3, -0.25) is 14.5 Å². The molecule has 0 saturated carbocycles. The summed E-state index contributed by atoms with van der Waals surface area (Å²) in [6.07, 6.45) is 7.80. The van der Waals surface area contributed by atoms with Crippen LogP contribution in [0.1, 0.15) is 40.9 Å². The van der Waals surface area contributed by atoms with Gasteiger partial charge in [0.25, 0.3) is 5.91 Å². The third-order valence-corrected chi connectivity index (χ3v) is 4.33. The zero-order valence-corrected chi connectivity index (χ0v) is 14.5. The molecule has 0 aliphatic heterocycles. The first-order chi connectivity index (χ1) is 12.2. The van der Waals surface area contributed by atoms with Gasteiger partial charge in [-0.05, 0) is 29.7 Å². The van der Waals surface area contributed by atoms with Crippen LogP contribution in [-0.2, 0) is 6.54 Å². The fraction of sp³-hybridized carbons (Fsp3) is 0.250. The number of hydrogen-bond donors (Lipinski definition) is 0. The highest BCUT2D eigenvalue weighted by molar-refractivity contribution is 5.93. The van der Waals surface area contributed by atoms with E-state index in [0.29, 0.717) is 12.1 Å². The van der Waals surface area contributed by atoms with E-state index in [2.05, 4.69) is 17.0 Å². The summed E-state index contributed by atoms with van der Waals surface area (Å²) in [6.45, 7) is 2.73. The van der Waals surface area contributed by atoms with E-state index in [4.69, 9.17) is 0 Å². The van der Waals surface area contributed by atoms with Crippen molar-refractivity contribution in [3.8, 4) is 0 Å². The summed E-state index contributed by atoms with van der Waals surface area (Å²) in [7, 11) is 1.84. The van der Waals surface area contributed by atoms with Crippen molar-refractivity contribution < 1.29 is 4.79 Å². The fourth-order valence-electron chi connectivity index (χ4n) is 2.99. The molecule has 1 atom stereocenters. The lowest BCUT2D eigenvalue weighted by Crippen LogP contribution is -2.30. The summed E-state index contributed by atoms with van der Waals surface area (Å²) < 4.78 is 1.80. The maximum Gasteiger partial charge on any atom is 0.257 e. The summed E-state index contributed by atoms with van der Waals surface area (Å²) >= 11 is 0. The lowest BCUT2D eigenvalue weighted by Gasteiger charge is -2.27. The van der Waals surface area contributed by atoms with E-state index in [1.807, 2.05) is 55.7 Å². The van der Waals surface area contributed by atoms with Crippen LogP contribution in [0.25, 0.3) is 0 Å². The first-order valence-electron chi connectivity index (χ1n) is 8.42. The highest BCUT2D eigenvalue weighted by atomic mass is 16.2. The molecular weight excluding hydrogens is 312 g/mol. The molecule has 0 radical (unpaired) electrons. The minimum atomic E-state index is -0.0250. The largest absolute Gasteiger partial charge is 0.335 e. The van der Waals surface area contributed by atoms with Crippen LogP contribution in [0.4, 0.5) is 0 Å². The molecule has 2 aromatic heterocycles. The van der Waals surface area contributed by atoms with Gasteiger partial charge in [0.15, 0.2) is 0 Å². The minimum Gasteiger partial charge on any atom is -0.335 e. The molecular formula is C20H22N4O. The van der Waals surface area contributed by atoms with Gasteiger partial charge in [0, 0.05) is 25.6 Å². The standard InChI is InChI=1S/C20H22N4O/c1-3-19(17-9-11-21-12-10-17)23(2)20(25)18-13-22-24(15-18)14-16-7-5-4-6-8-16/h4-13,15,19H,3,14H2,1-2H3/t19-/m0/s1. The van der Waals surface area contributed by atoms with Crippen molar-refractivity contribution in [2.45, 2.75) is 25.9 Å². The van der Waals surface area contributed by atoms with Gasteiger partial charge in [0.2, 0.25) is 0 Å². The van der Waals surface area contributed by atoms with E-state index in [1.165, 1.54) is 0 Å². The molecule has 0 aliphatic carbocycles. The Morgan fingerprint density at radius 1 is 1.16 bits per heavy atom. The smallest absolute Gasteiger partial charge is 0.257 e. The number of amides is 1. The molecule has 1 aromatic carbocycles. The Balaban J connectivity index is 1.74. The van der Waals surface area contributed by atoms with E-state index in [-0.39, 0.29) is 11.9 Å². The number of hydrogen-bond acceptors (Lipinski definition) is 3. The Kier molecular flexibility index (Phi) is 5.23. The Hall–Kier alpha value is -2.95. The lowest BCUT2D eigenvalue weighted by molar-refractivity contribution is 0.0726. The fourth-order valence-corrected chi connectivity index (χ4v) is 2.99. The van der Waals surface area contributed by atoms with Gasteiger partial charge in [-0.1, -0.05) is 37.3 Å². The summed E-state index contributed by atoms with van der Waals surface area (Å²) in [5.41, 5.74) is 2.84. The van der Waals surface area contributed by atoms with Crippen LogP contribution < -0.4 is 0 Å². The van der Waals surface area contributed by atoms with Crippen LogP contribution in [0, 0.1) is 0 Å². The Bertz CT molecular complexity index is 814. The van der Waals surface area contributed by atoms with Gasteiger partial charge in [-0.2, -0.15) is 5.10 Å². The summed E-state index contributed by atoms with van der Waals surface area (Å²) in [5, 5.41) is 4.33. The van der Waals surface area contributed by atoms with E-state index in [9.17, 15) is 4.79 Å². The molecule has 2 heterocycles. The number of carbonyl (C=O) groups is 1. The van der Waals surface area contributed by atoms with E-state index in [1.54, 1.807) is 28.2 Å². The maximum atomic E-state index is 12.8. The van der Waals surface area contributed by atoms with Crippen LogP contribution in [0.2, 0.25) is 0 Å². The molecule has 5 nitrogen and oxygen atoms in total. The second kappa shape index (κ2) is 7.75. The molecule has 5 heteroatoms. The first kappa shape index (κ1) is 16.9. The third kappa shape index (κ3) is 3.94. The molecule has 0 unspecified atom stereocenters. The van der Waals surface area contributed by atoms with Gasteiger partial charge in [-0.15, -0.1) is 0 Å². The predicted octanol–water partition coefficient (Wildman–Crippen LogP) is 3.55. The summed E-state index contributed by atoms with van der Waals surface area (Å²) in [5.74, 6) is -0.0250. The highest BCUT2D eigenvalue weighted by Gasteiger charge is 2.22. The minimum absolute atomic E-state index is 0.0213. The molecule has 0 fully saturated rings. The second-order valence-corrected chi connectivity index (χ2v) is 6.03. The number of nitrogens with zero attached hydrogens (tertiary/aromatic N) is 4. The lowest BCUT2D eigenvalue weighted by atomic mass is 10.0. The van der Waals surface area contributed by atoms with Crippen LogP contribution >= 0.6 is 0 Å². The Labute approximate surface area is 147 Å². The van der Waals surface area contributed by atoms with Gasteiger partial charge < -0.3 is 4.90 Å². The normalized spacial score (nSPS) is 11.9. The molecule has 0 saturated heterocycles. The van der Waals surface area contributed by atoms with Gasteiger partial charge in [0.1, 0.15) is 0 Å². The van der Waals surface area contributed by atoms with Crippen molar-refractivity contribution in [3.05, 3.63) is 83.9 Å². The van der Waals surface area contributed by atoms with Crippen molar-refractivity contribution in [2.24, 2.45) is 0 Å². The molecule has 3 aromatic rings. The maximum absolute atomic E-state index is 12.8. The van der Waals surface area contributed by atoms with Crippen LogP contribution in [0.3, 0.4) is 0 Å². The van der Waals surface area contributed by atoms with Gasteiger partial charge >= 0.3 is 0 Å². The zero-order valence-electron chi connectivity index (χ0n) is 14.5. The zero-order chi connectivity index (χ0) is 17.6. The number of rotatable bonds is 6. The molecule has 3 rings (SSSR count). The SMILES string of the molecule is CC[C@@H](c1ccncc1)N(C)C(=O)c1cnn(Cc2ccccc2)c1. The highest BCUT2D eigenvalue weighted by Crippen LogP contribution is 2.23. The van der Waals surface area contributed by atoms with Gasteiger partial charge in [-0.25, -0.2) is 0 Å². The summed E-state index contributed by atoms with van der Waals surface area (Å²) in [4.78, 5) is 18.7. The Morgan fingerprint density at radius 2 is 1.88 bits per heavy atom. The van der Waals surface area contributed by atoms with Crippen molar-refractivity contribution in [3.63, 3.8) is 0 Å². The average Bonchev–Trinajstić information content (AvgIpc) is 3.12. The number of benzene rings is 1. The van der Waals surface area contributed by atoms with Crippen LogP contribution in [-0.4, -0.2) is 32.6 Å². The number of aromatic nitrogens is 3. The quantitative estimate of drug-likeness (QED) is 0.693. The molecule has 0 N–H and O–H groups in total. The second-order valence-electron chi connectivity index (χ2n) is 6.03. The van der Waals surface area contributed by atoms with Crippen molar-refractivity contribution in [1.82, 2.24) is 19.7 Å². The van der Waals surface area contributed by atoms with Crippen molar-refractivity contribution in [1.29, 1.82) is 0 Å². The summed E-state index contributed by atoms with van der Waals surface area (Å²) in [6, 6.07) is 14.0. The number of carbonyl (C=O) groups excluding carboxylic acids is 1. The van der Waals surface area contributed by atoms with E-state index in [0.717, 1.165) is 17.5 Å². The Morgan fingerprint density at radius 3 is 2.56 bits per heavy atom. The van der Waals surface area contributed by atoms with E-state index < -0.39 is 0 Å². The van der Waals surface area contributed by atoms with Crippen LogP contribution in [0.15, 0.2) is 67.3 Å². The topological polar surface area (TPSA) is 51.0 Å². The molecule has 0 aliphatic rings. The molecule has 25 heavy (non-hydrogen) atoms. The average molecular weight is 334 g/mol. The molecule has 128 valence electrons. The molecule has 0 spiro atoms. The number of pyridine rings is 1.